The van der Waals surface area contributed by atoms with E-state index in [1.54, 1.807) is 12.4 Å². The first-order chi connectivity index (χ1) is 13.2. The van der Waals surface area contributed by atoms with Crippen LogP contribution in [-0.4, -0.2) is 44.2 Å². The first-order valence-electron chi connectivity index (χ1n) is 9.20. The van der Waals surface area contributed by atoms with Crippen molar-refractivity contribution in [3.05, 3.63) is 72.2 Å². The molecule has 0 aliphatic carbocycles. The van der Waals surface area contributed by atoms with Gasteiger partial charge in [0.2, 0.25) is 0 Å². The maximum atomic E-state index is 12.8. The average molecular weight is 362 g/mol. The molecule has 1 aromatic carbocycles. The SMILES string of the molecule is O=C(c1ccc(-c2ccn[nH]2)cc1)N1CCC([C@H](O)c2ccccn2)CC1. The topological polar surface area (TPSA) is 82.1 Å². The van der Waals surface area contributed by atoms with Crippen molar-refractivity contribution in [3.63, 3.8) is 0 Å². The van der Waals surface area contributed by atoms with Gasteiger partial charge in [0.15, 0.2) is 0 Å². The molecule has 4 rings (SSSR count). The highest BCUT2D eigenvalue weighted by molar-refractivity contribution is 5.94. The smallest absolute Gasteiger partial charge is 0.253 e. The second-order valence-electron chi connectivity index (χ2n) is 6.88. The van der Waals surface area contributed by atoms with Crippen LogP contribution in [0.1, 0.15) is 35.0 Å². The Labute approximate surface area is 157 Å². The second kappa shape index (κ2) is 7.72. The summed E-state index contributed by atoms with van der Waals surface area (Å²) in [4.78, 5) is 18.9. The van der Waals surface area contributed by atoms with Crippen molar-refractivity contribution in [2.45, 2.75) is 18.9 Å². The molecule has 0 unspecified atom stereocenters. The Kier molecular flexibility index (Phi) is 4.98. The lowest BCUT2D eigenvalue weighted by molar-refractivity contribution is 0.0447. The molecule has 6 heteroatoms. The molecule has 1 aliphatic heterocycles. The number of nitrogens with one attached hydrogen (secondary N) is 1. The van der Waals surface area contributed by atoms with E-state index in [-0.39, 0.29) is 11.8 Å². The maximum Gasteiger partial charge on any atom is 0.253 e. The summed E-state index contributed by atoms with van der Waals surface area (Å²) in [5, 5.41) is 17.4. The first kappa shape index (κ1) is 17.4. The number of hydrogen-bond acceptors (Lipinski definition) is 4. The average Bonchev–Trinajstić information content (AvgIpc) is 3.28. The van der Waals surface area contributed by atoms with E-state index in [0.717, 1.165) is 24.1 Å². The molecule has 3 heterocycles. The number of aliphatic hydroxyl groups is 1. The lowest BCUT2D eigenvalue weighted by atomic mass is 9.89. The highest BCUT2D eigenvalue weighted by Gasteiger charge is 2.29. The number of carbonyl (C=O) groups excluding carboxylic acids is 1. The fourth-order valence-electron chi connectivity index (χ4n) is 3.60. The number of likely N-dealkylation sites (tertiary alicyclic amines) is 1. The molecular weight excluding hydrogens is 340 g/mol. The van der Waals surface area contributed by atoms with Gasteiger partial charge >= 0.3 is 0 Å². The van der Waals surface area contributed by atoms with Crippen molar-refractivity contribution in [1.29, 1.82) is 0 Å². The molecule has 1 aliphatic rings. The summed E-state index contributed by atoms with van der Waals surface area (Å²) >= 11 is 0. The monoisotopic (exact) mass is 362 g/mol. The molecule has 2 N–H and O–H groups in total. The minimum atomic E-state index is -0.572. The van der Waals surface area contributed by atoms with Gasteiger partial charge in [0.1, 0.15) is 0 Å². The van der Waals surface area contributed by atoms with E-state index in [1.165, 1.54) is 0 Å². The molecule has 2 aromatic heterocycles. The predicted octanol–water partition coefficient (Wildman–Crippen LogP) is 3.06. The molecule has 1 atom stereocenters. The van der Waals surface area contributed by atoms with E-state index in [0.29, 0.717) is 24.3 Å². The van der Waals surface area contributed by atoms with Gasteiger partial charge in [0, 0.05) is 31.0 Å². The van der Waals surface area contributed by atoms with Crippen LogP contribution < -0.4 is 0 Å². The van der Waals surface area contributed by atoms with E-state index in [9.17, 15) is 9.90 Å². The standard InChI is InChI=1S/C21H22N4O2/c26-20(19-3-1-2-11-22-19)16-9-13-25(14-10-16)21(27)17-6-4-15(5-7-17)18-8-12-23-24-18/h1-8,11-12,16,20,26H,9-10,13-14H2,(H,23,24)/t20-/m0/s1. The lowest BCUT2D eigenvalue weighted by Gasteiger charge is -2.34. The van der Waals surface area contributed by atoms with E-state index in [2.05, 4.69) is 15.2 Å². The van der Waals surface area contributed by atoms with E-state index < -0.39 is 6.10 Å². The van der Waals surface area contributed by atoms with Crippen molar-refractivity contribution in [1.82, 2.24) is 20.1 Å². The maximum absolute atomic E-state index is 12.8. The van der Waals surface area contributed by atoms with Crippen LogP contribution in [0.4, 0.5) is 0 Å². The van der Waals surface area contributed by atoms with E-state index in [1.807, 2.05) is 53.4 Å². The highest BCUT2D eigenvalue weighted by Crippen LogP contribution is 2.30. The molecule has 1 saturated heterocycles. The Morgan fingerprint density at radius 2 is 1.85 bits per heavy atom. The number of carbonyl (C=O) groups is 1. The van der Waals surface area contributed by atoms with Gasteiger partial charge in [-0.25, -0.2) is 0 Å². The van der Waals surface area contributed by atoms with Crippen LogP contribution in [0.25, 0.3) is 11.3 Å². The van der Waals surface area contributed by atoms with Crippen molar-refractivity contribution in [2.24, 2.45) is 5.92 Å². The molecule has 6 nitrogen and oxygen atoms in total. The fraction of sp³-hybridized carbons (Fsp3) is 0.286. The van der Waals surface area contributed by atoms with Gasteiger partial charge in [-0.2, -0.15) is 5.10 Å². The van der Waals surface area contributed by atoms with Crippen molar-refractivity contribution >= 4 is 5.91 Å². The second-order valence-corrected chi connectivity index (χ2v) is 6.88. The van der Waals surface area contributed by atoms with Crippen LogP contribution in [0, 0.1) is 5.92 Å². The Bertz CT molecular complexity index is 870. The van der Waals surface area contributed by atoms with Gasteiger partial charge in [-0.05, 0) is 54.7 Å². The zero-order chi connectivity index (χ0) is 18.6. The molecular formula is C21H22N4O2. The third-order valence-electron chi connectivity index (χ3n) is 5.21. The van der Waals surface area contributed by atoms with Crippen LogP contribution in [-0.2, 0) is 0 Å². The number of nitrogens with zero attached hydrogens (tertiary/aromatic N) is 3. The number of aromatic amines is 1. The van der Waals surface area contributed by atoms with Gasteiger partial charge in [-0.3, -0.25) is 14.9 Å². The largest absolute Gasteiger partial charge is 0.387 e. The summed E-state index contributed by atoms with van der Waals surface area (Å²) in [6.45, 7) is 1.30. The van der Waals surface area contributed by atoms with Gasteiger partial charge < -0.3 is 10.0 Å². The number of pyridine rings is 1. The van der Waals surface area contributed by atoms with Gasteiger partial charge in [0.05, 0.1) is 17.5 Å². The summed E-state index contributed by atoms with van der Waals surface area (Å²) in [6, 6.07) is 15.0. The number of aromatic nitrogens is 3. The van der Waals surface area contributed by atoms with Crippen molar-refractivity contribution in [3.8, 4) is 11.3 Å². The van der Waals surface area contributed by atoms with Gasteiger partial charge in [0.25, 0.3) is 5.91 Å². The van der Waals surface area contributed by atoms with Gasteiger partial charge in [-0.1, -0.05) is 18.2 Å². The van der Waals surface area contributed by atoms with Crippen molar-refractivity contribution < 1.29 is 9.90 Å². The summed E-state index contributed by atoms with van der Waals surface area (Å²) in [7, 11) is 0. The number of aliphatic hydroxyl groups excluding tert-OH is 1. The summed E-state index contributed by atoms with van der Waals surface area (Å²) in [5.74, 6) is 0.170. The van der Waals surface area contributed by atoms with Crippen LogP contribution in [0.15, 0.2) is 60.9 Å². The summed E-state index contributed by atoms with van der Waals surface area (Å²) in [6.07, 6.45) is 4.38. The minimum Gasteiger partial charge on any atom is -0.387 e. The fourth-order valence-corrected chi connectivity index (χ4v) is 3.60. The third kappa shape index (κ3) is 3.75. The Morgan fingerprint density at radius 3 is 2.48 bits per heavy atom. The number of H-pyrrole nitrogens is 1. The molecule has 0 spiro atoms. The van der Waals surface area contributed by atoms with E-state index >= 15 is 0 Å². The minimum absolute atomic E-state index is 0.0388. The molecule has 0 radical (unpaired) electrons. The number of piperidine rings is 1. The lowest BCUT2D eigenvalue weighted by Crippen LogP contribution is -2.39. The highest BCUT2D eigenvalue weighted by atomic mass is 16.3. The van der Waals surface area contributed by atoms with Crippen LogP contribution >= 0.6 is 0 Å². The number of hydrogen-bond donors (Lipinski definition) is 2. The zero-order valence-corrected chi connectivity index (χ0v) is 15.0. The van der Waals surface area contributed by atoms with E-state index in [4.69, 9.17) is 0 Å². The Morgan fingerprint density at radius 1 is 1.07 bits per heavy atom. The molecule has 3 aromatic rings. The molecule has 1 fully saturated rings. The van der Waals surface area contributed by atoms with Crippen LogP contribution in [0.5, 0.6) is 0 Å². The van der Waals surface area contributed by atoms with Gasteiger partial charge in [-0.15, -0.1) is 0 Å². The van der Waals surface area contributed by atoms with Crippen LogP contribution in [0.3, 0.4) is 0 Å². The quantitative estimate of drug-likeness (QED) is 0.747. The molecule has 27 heavy (non-hydrogen) atoms. The van der Waals surface area contributed by atoms with Crippen LogP contribution in [0.2, 0.25) is 0 Å². The number of amides is 1. The molecule has 138 valence electrons. The number of rotatable bonds is 4. The molecule has 0 saturated carbocycles. The van der Waals surface area contributed by atoms with Crippen molar-refractivity contribution in [2.75, 3.05) is 13.1 Å². The zero-order valence-electron chi connectivity index (χ0n) is 15.0. The predicted molar refractivity (Wildman–Crippen MR) is 102 cm³/mol. The first-order valence-corrected chi connectivity index (χ1v) is 9.20. The summed E-state index contributed by atoms with van der Waals surface area (Å²) in [5.41, 5.74) is 3.32. The number of benzene rings is 1. The normalized spacial score (nSPS) is 16.3. The molecule has 0 bridgehead atoms. The Balaban J connectivity index is 1.37. The third-order valence-corrected chi connectivity index (χ3v) is 5.21. The molecule has 1 amide bonds. The summed E-state index contributed by atoms with van der Waals surface area (Å²) < 4.78 is 0. The Hall–Kier alpha value is -2.99.